The van der Waals surface area contributed by atoms with Crippen molar-refractivity contribution in [3.63, 3.8) is 0 Å². The summed E-state index contributed by atoms with van der Waals surface area (Å²) in [6.45, 7) is 2.66. The molecule has 2 heterocycles. The van der Waals surface area contributed by atoms with Crippen LogP contribution in [0.5, 0.6) is 5.75 Å². The number of nitrogens with one attached hydrogen (secondary N) is 1. The molecule has 0 saturated heterocycles. The van der Waals surface area contributed by atoms with Gasteiger partial charge in [0.25, 0.3) is 0 Å². The van der Waals surface area contributed by atoms with E-state index in [0.29, 0.717) is 19.6 Å². The van der Waals surface area contributed by atoms with E-state index in [1.54, 1.807) is 19.3 Å². The Morgan fingerprint density at radius 2 is 1.93 bits per heavy atom. The lowest BCUT2D eigenvalue weighted by molar-refractivity contribution is -0.144. The van der Waals surface area contributed by atoms with Crippen LogP contribution in [0.3, 0.4) is 0 Å². The summed E-state index contributed by atoms with van der Waals surface area (Å²) in [5, 5.41) is 6.80. The molecule has 1 atom stereocenters. The van der Waals surface area contributed by atoms with Gasteiger partial charge in [-0.15, -0.1) is 0 Å². The lowest BCUT2D eigenvalue weighted by Gasteiger charge is -2.11. The number of carbonyl (C=O) groups is 1. The summed E-state index contributed by atoms with van der Waals surface area (Å²) in [7, 11) is 0. The van der Waals surface area contributed by atoms with Gasteiger partial charge in [-0.1, -0.05) is 24.3 Å². The molecule has 0 bridgehead atoms. The van der Waals surface area contributed by atoms with Gasteiger partial charge in [0.2, 0.25) is 0 Å². The van der Waals surface area contributed by atoms with Gasteiger partial charge in [-0.25, -0.2) is 0 Å². The van der Waals surface area contributed by atoms with Crippen LogP contribution in [0.1, 0.15) is 18.1 Å². The molecule has 0 aliphatic heterocycles. The number of ether oxygens (including phenoxy) is 2. The van der Waals surface area contributed by atoms with Gasteiger partial charge in [-0.2, -0.15) is 5.10 Å². The van der Waals surface area contributed by atoms with Crippen molar-refractivity contribution in [2.24, 2.45) is 5.73 Å². The molecule has 0 fully saturated rings. The third-order valence-corrected chi connectivity index (χ3v) is 4.24. The van der Waals surface area contributed by atoms with Crippen molar-refractivity contribution in [2.75, 3.05) is 13.2 Å². The van der Waals surface area contributed by atoms with E-state index in [0.717, 1.165) is 34.7 Å². The number of aromatic amines is 1. The van der Waals surface area contributed by atoms with Gasteiger partial charge in [-0.3, -0.25) is 14.9 Å². The first-order valence-electron chi connectivity index (χ1n) is 9.24. The van der Waals surface area contributed by atoms with Crippen LogP contribution in [0.25, 0.3) is 11.4 Å². The van der Waals surface area contributed by atoms with Crippen molar-refractivity contribution in [3.8, 4) is 17.1 Å². The molecule has 3 aromatic rings. The summed E-state index contributed by atoms with van der Waals surface area (Å²) in [5.41, 5.74) is 9.70. The first-order chi connectivity index (χ1) is 13.7. The van der Waals surface area contributed by atoms with Crippen molar-refractivity contribution in [1.82, 2.24) is 15.2 Å². The molecule has 0 amide bonds. The third kappa shape index (κ3) is 5.40. The van der Waals surface area contributed by atoms with E-state index in [4.69, 9.17) is 15.2 Å². The van der Waals surface area contributed by atoms with Gasteiger partial charge in [0.05, 0.1) is 30.8 Å². The van der Waals surface area contributed by atoms with Gasteiger partial charge < -0.3 is 15.2 Å². The van der Waals surface area contributed by atoms with E-state index in [1.807, 2.05) is 42.5 Å². The highest BCUT2D eigenvalue weighted by atomic mass is 16.5. The molecule has 28 heavy (non-hydrogen) atoms. The van der Waals surface area contributed by atoms with Crippen LogP contribution in [0.4, 0.5) is 0 Å². The van der Waals surface area contributed by atoms with E-state index in [-0.39, 0.29) is 5.97 Å². The minimum Gasteiger partial charge on any atom is -0.492 e. The van der Waals surface area contributed by atoms with Crippen molar-refractivity contribution < 1.29 is 14.3 Å². The highest BCUT2D eigenvalue weighted by Gasteiger charge is 2.14. The topological polar surface area (TPSA) is 103 Å². The van der Waals surface area contributed by atoms with E-state index in [9.17, 15) is 4.79 Å². The highest BCUT2D eigenvalue weighted by Crippen LogP contribution is 2.17. The second-order valence-electron chi connectivity index (χ2n) is 6.33. The maximum atomic E-state index is 11.6. The molecule has 0 saturated carbocycles. The molecule has 3 rings (SSSR count). The third-order valence-electron chi connectivity index (χ3n) is 4.24. The molecule has 2 aromatic heterocycles. The maximum absolute atomic E-state index is 11.6. The average molecular weight is 380 g/mol. The monoisotopic (exact) mass is 380 g/mol. The summed E-state index contributed by atoms with van der Waals surface area (Å²) < 4.78 is 10.7. The van der Waals surface area contributed by atoms with Crippen LogP contribution < -0.4 is 10.5 Å². The second kappa shape index (κ2) is 9.66. The molecule has 3 N–H and O–H groups in total. The molecular weight excluding hydrogens is 356 g/mol. The molecule has 7 heteroatoms. The highest BCUT2D eigenvalue weighted by molar-refractivity contribution is 5.75. The van der Waals surface area contributed by atoms with Crippen LogP contribution in [0.15, 0.2) is 54.9 Å². The number of nitrogens with two attached hydrogens (primary N) is 1. The molecule has 1 aromatic carbocycles. The van der Waals surface area contributed by atoms with E-state index in [2.05, 4.69) is 15.2 Å². The number of nitrogens with zero attached hydrogens (tertiary/aromatic N) is 2. The molecule has 0 spiro atoms. The van der Waals surface area contributed by atoms with Gasteiger partial charge >= 0.3 is 5.97 Å². The number of hydrogen-bond acceptors (Lipinski definition) is 6. The van der Waals surface area contributed by atoms with Crippen LogP contribution in [0.2, 0.25) is 0 Å². The van der Waals surface area contributed by atoms with E-state index >= 15 is 0 Å². The smallest absolute Gasteiger partial charge is 0.323 e. The van der Waals surface area contributed by atoms with Crippen LogP contribution in [-0.2, 0) is 22.4 Å². The number of hydrogen-bond donors (Lipinski definition) is 2. The Balaban J connectivity index is 1.45. The fourth-order valence-electron chi connectivity index (χ4n) is 2.74. The SMILES string of the molecule is CCOC(=O)[C@H](N)Cc1ccc(CCOc2ccc(-c3ccn[nH]3)nc2)cc1. The summed E-state index contributed by atoms with van der Waals surface area (Å²) in [6, 6.07) is 13.0. The number of carbonyl (C=O) groups excluding carboxylic acids is 1. The lowest BCUT2D eigenvalue weighted by Crippen LogP contribution is -2.34. The van der Waals surface area contributed by atoms with Crippen molar-refractivity contribution >= 4 is 5.97 Å². The summed E-state index contributed by atoms with van der Waals surface area (Å²) in [4.78, 5) is 16.0. The van der Waals surface area contributed by atoms with Gasteiger partial charge in [-0.05, 0) is 42.7 Å². The van der Waals surface area contributed by atoms with Crippen molar-refractivity contribution in [2.45, 2.75) is 25.8 Å². The molecule has 0 unspecified atom stereocenters. The molecule has 0 radical (unpaired) electrons. The van der Waals surface area contributed by atoms with Gasteiger partial charge in [0.15, 0.2) is 0 Å². The number of H-pyrrole nitrogens is 1. The number of pyridine rings is 1. The minimum atomic E-state index is -0.633. The predicted octanol–water partition coefficient (Wildman–Crippen LogP) is 2.53. The van der Waals surface area contributed by atoms with Gasteiger partial charge in [0.1, 0.15) is 11.8 Å². The average Bonchev–Trinajstić information content (AvgIpc) is 3.25. The Kier molecular flexibility index (Phi) is 6.75. The van der Waals surface area contributed by atoms with Crippen LogP contribution in [0, 0.1) is 0 Å². The molecule has 7 nitrogen and oxygen atoms in total. The standard InChI is InChI=1S/C21H24N4O3/c1-2-27-21(26)18(22)13-16-5-3-15(4-6-16)10-12-28-17-7-8-19(23-14-17)20-9-11-24-25-20/h3-9,11,14,18H,2,10,12-13,22H2,1H3,(H,24,25)/t18-/m1/s1. The fourth-order valence-corrected chi connectivity index (χ4v) is 2.74. The van der Waals surface area contributed by atoms with E-state index in [1.165, 1.54) is 0 Å². The molecule has 0 aliphatic carbocycles. The van der Waals surface area contributed by atoms with Gasteiger partial charge in [0, 0.05) is 12.6 Å². The predicted molar refractivity (Wildman–Crippen MR) is 106 cm³/mol. The van der Waals surface area contributed by atoms with Crippen LogP contribution in [-0.4, -0.2) is 40.4 Å². The zero-order chi connectivity index (χ0) is 19.8. The zero-order valence-electron chi connectivity index (χ0n) is 15.8. The molecule has 0 aliphatic rings. The Morgan fingerprint density at radius 3 is 2.57 bits per heavy atom. The summed E-state index contributed by atoms with van der Waals surface area (Å²) in [6.07, 6.45) is 4.63. The Morgan fingerprint density at radius 1 is 1.14 bits per heavy atom. The fraction of sp³-hybridized carbons (Fsp3) is 0.286. The summed E-state index contributed by atoms with van der Waals surface area (Å²) in [5.74, 6) is 0.354. The molecular formula is C21H24N4O3. The lowest BCUT2D eigenvalue weighted by atomic mass is 10.0. The number of benzene rings is 1. The Labute approximate surface area is 163 Å². The first-order valence-corrected chi connectivity index (χ1v) is 9.24. The maximum Gasteiger partial charge on any atom is 0.323 e. The largest absolute Gasteiger partial charge is 0.492 e. The van der Waals surface area contributed by atoms with E-state index < -0.39 is 6.04 Å². The quantitative estimate of drug-likeness (QED) is 0.553. The number of rotatable bonds is 9. The van der Waals surface area contributed by atoms with Crippen molar-refractivity contribution in [1.29, 1.82) is 0 Å². The Bertz CT molecular complexity index is 862. The summed E-state index contributed by atoms with van der Waals surface area (Å²) >= 11 is 0. The van der Waals surface area contributed by atoms with Crippen LogP contribution >= 0.6 is 0 Å². The normalized spacial score (nSPS) is 11.8. The number of aromatic nitrogens is 3. The zero-order valence-corrected chi connectivity index (χ0v) is 15.8. The molecule has 146 valence electrons. The Hall–Kier alpha value is -3.19. The minimum absolute atomic E-state index is 0.340. The first kappa shape index (κ1) is 19.6. The second-order valence-corrected chi connectivity index (χ2v) is 6.33. The van der Waals surface area contributed by atoms with Crippen molar-refractivity contribution in [3.05, 3.63) is 66.0 Å². The number of esters is 1.